The van der Waals surface area contributed by atoms with Gasteiger partial charge in [0.25, 0.3) is 0 Å². The molecule has 2 heterocycles. The van der Waals surface area contributed by atoms with Gasteiger partial charge in [0.05, 0.1) is 19.6 Å². The van der Waals surface area contributed by atoms with Gasteiger partial charge in [-0.1, -0.05) is 18.2 Å². The zero-order valence-corrected chi connectivity index (χ0v) is 11.2. The fraction of sp³-hybridized carbons (Fsp3) is 0.400. The number of hydrogen-bond acceptors (Lipinski definition) is 3. The second-order valence-electron chi connectivity index (χ2n) is 4.85. The standard InChI is InChI=1S/C15H18N2O3/c18-14(16-6-5-15-19-7-8-20-15)9-11-10-17-13-4-2-1-3-12(11)13/h1-4,10,15,17H,5-9H2,(H,16,18). The molecule has 1 amide bonds. The zero-order valence-electron chi connectivity index (χ0n) is 11.2. The van der Waals surface area contributed by atoms with E-state index in [2.05, 4.69) is 10.3 Å². The number of hydrogen-bond donors (Lipinski definition) is 2. The molecular formula is C15H18N2O3. The Morgan fingerprint density at radius 1 is 1.30 bits per heavy atom. The molecule has 20 heavy (non-hydrogen) atoms. The molecule has 2 aromatic rings. The van der Waals surface area contributed by atoms with Gasteiger partial charge in [-0.3, -0.25) is 4.79 Å². The van der Waals surface area contributed by atoms with Crippen molar-refractivity contribution >= 4 is 16.8 Å². The zero-order chi connectivity index (χ0) is 13.8. The average molecular weight is 274 g/mol. The van der Waals surface area contributed by atoms with Crippen LogP contribution in [-0.2, 0) is 20.7 Å². The number of carbonyl (C=O) groups excluding carboxylic acids is 1. The van der Waals surface area contributed by atoms with E-state index in [0.29, 0.717) is 32.6 Å². The Morgan fingerprint density at radius 2 is 2.10 bits per heavy atom. The van der Waals surface area contributed by atoms with Gasteiger partial charge in [0, 0.05) is 30.1 Å². The predicted octanol–water partition coefficient (Wildman–Crippen LogP) is 1.59. The number of aromatic amines is 1. The molecule has 0 unspecified atom stereocenters. The first-order valence-corrected chi connectivity index (χ1v) is 6.88. The van der Waals surface area contributed by atoms with Crippen molar-refractivity contribution in [1.29, 1.82) is 0 Å². The van der Waals surface area contributed by atoms with Crippen molar-refractivity contribution in [1.82, 2.24) is 10.3 Å². The van der Waals surface area contributed by atoms with Crippen LogP contribution in [0.1, 0.15) is 12.0 Å². The van der Waals surface area contributed by atoms with Gasteiger partial charge in [0.2, 0.25) is 5.91 Å². The number of nitrogens with one attached hydrogen (secondary N) is 2. The Balaban J connectivity index is 1.50. The highest BCUT2D eigenvalue weighted by molar-refractivity contribution is 5.88. The van der Waals surface area contributed by atoms with E-state index in [4.69, 9.17) is 9.47 Å². The number of fused-ring (bicyclic) bond motifs is 1. The molecule has 1 aliphatic rings. The third-order valence-electron chi connectivity index (χ3n) is 3.42. The highest BCUT2D eigenvalue weighted by Crippen LogP contribution is 2.17. The Kier molecular flexibility index (Phi) is 3.99. The van der Waals surface area contributed by atoms with Crippen LogP contribution in [0.2, 0.25) is 0 Å². The summed E-state index contributed by atoms with van der Waals surface area (Å²) in [6.07, 6.45) is 2.81. The number of aromatic nitrogens is 1. The minimum atomic E-state index is -0.164. The van der Waals surface area contributed by atoms with Gasteiger partial charge in [-0.15, -0.1) is 0 Å². The van der Waals surface area contributed by atoms with Gasteiger partial charge >= 0.3 is 0 Å². The lowest BCUT2D eigenvalue weighted by Crippen LogP contribution is -2.28. The summed E-state index contributed by atoms with van der Waals surface area (Å²) in [6.45, 7) is 1.87. The van der Waals surface area contributed by atoms with Crippen molar-refractivity contribution in [2.75, 3.05) is 19.8 Å². The Bertz CT molecular complexity index is 588. The first-order valence-electron chi connectivity index (χ1n) is 6.88. The molecule has 0 radical (unpaired) electrons. The van der Waals surface area contributed by atoms with Crippen LogP contribution in [0.5, 0.6) is 0 Å². The van der Waals surface area contributed by atoms with E-state index >= 15 is 0 Å². The SMILES string of the molecule is O=C(Cc1c[nH]c2ccccc12)NCCC1OCCO1. The Hall–Kier alpha value is -1.85. The van der Waals surface area contributed by atoms with Crippen molar-refractivity contribution in [3.8, 4) is 0 Å². The number of H-pyrrole nitrogens is 1. The molecule has 0 aliphatic carbocycles. The third kappa shape index (κ3) is 3.00. The molecule has 1 aromatic carbocycles. The topological polar surface area (TPSA) is 63.4 Å². The second kappa shape index (κ2) is 6.07. The van der Waals surface area contributed by atoms with Gasteiger partial charge in [0.1, 0.15) is 0 Å². The third-order valence-corrected chi connectivity index (χ3v) is 3.42. The van der Waals surface area contributed by atoms with Gasteiger partial charge in [-0.2, -0.15) is 0 Å². The molecule has 2 N–H and O–H groups in total. The molecule has 106 valence electrons. The first-order chi connectivity index (χ1) is 9.83. The first kappa shape index (κ1) is 13.1. The largest absolute Gasteiger partial charge is 0.361 e. The molecule has 0 atom stereocenters. The monoisotopic (exact) mass is 274 g/mol. The van der Waals surface area contributed by atoms with Gasteiger partial charge in [0.15, 0.2) is 6.29 Å². The molecule has 1 fully saturated rings. The van der Waals surface area contributed by atoms with Crippen LogP contribution >= 0.6 is 0 Å². The minimum absolute atomic E-state index is 0.0211. The molecular weight excluding hydrogens is 256 g/mol. The van der Waals surface area contributed by atoms with Crippen LogP contribution in [0.25, 0.3) is 10.9 Å². The molecule has 1 saturated heterocycles. The summed E-state index contributed by atoms with van der Waals surface area (Å²) in [6, 6.07) is 7.98. The van der Waals surface area contributed by atoms with E-state index < -0.39 is 0 Å². The van der Waals surface area contributed by atoms with Crippen molar-refractivity contribution in [2.24, 2.45) is 0 Å². The lowest BCUT2D eigenvalue weighted by atomic mass is 10.1. The van der Waals surface area contributed by atoms with Crippen LogP contribution < -0.4 is 5.32 Å². The molecule has 0 bridgehead atoms. The molecule has 3 rings (SSSR count). The van der Waals surface area contributed by atoms with Crippen LogP contribution in [0.4, 0.5) is 0 Å². The highest BCUT2D eigenvalue weighted by Gasteiger charge is 2.15. The number of amides is 1. The van der Waals surface area contributed by atoms with Crippen molar-refractivity contribution in [3.63, 3.8) is 0 Å². The summed E-state index contributed by atoms with van der Waals surface area (Å²) >= 11 is 0. The van der Waals surface area contributed by atoms with E-state index in [-0.39, 0.29) is 12.2 Å². The van der Waals surface area contributed by atoms with Crippen LogP contribution in [-0.4, -0.2) is 36.9 Å². The Labute approximate surface area is 117 Å². The summed E-state index contributed by atoms with van der Waals surface area (Å²) in [5.41, 5.74) is 2.08. The average Bonchev–Trinajstić information content (AvgIpc) is 3.09. The summed E-state index contributed by atoms with van der Waals surface area (Å²) < 4.78 is 10.6. The molecule has 5 heteroatoms. The lowest BCUT2D eigenvalue weighted by molar-refractivity contribution is -0.120. The van der Waals surface area contributed by atoms with Gasteiger partial charge in [-0.25, -0.2) is 0 Å². The molecule has 0 spiro atoms. The maximum Gasteiger partial charge on any atom is 0.224 e. The molecule has 0 saturated carbocycles. The molecule has 1 aliphatic heterocycles. The number of para-hydroxylation sites is 1. The highest BCUT2D eigenvalue weighted by atomic mass is 16.7. The lowest BCUT2D eigenvalue weighted by Gasteiger charge is -2.09. The Morgan fingerprint density at radius 3 is 2.95 bits per heavy atom. The fourth-order valence-corrected chi connectivity index (χ4v) is 2.42. The molecule has 1 aromatic heterocycles. The van der Waals surface area contributed by atoms with Gasteiger partial charge < -0.3 is 19.8 Å². The maximum absolute atomic E-state index is 11.9. The van der Waals surface area contributed by atoms with Crippen molar-refractivity contribution in [2.45, 2.75) is 19.1 Å². The van der Waals surface area contributed by atoms with Crippen LogP contribution in [0.15, 0.2) is 30.5 Å². The van der Waals surface area contributed by atoms with E-state index in [1.54, 1.807) is 0 Å². The van der Waals surface area contributed by atoms with Crippen LogP contribution in [0.3, 0.4) is 0 Å². The van der Waals surface area contributed by atoms with E-state index in [1.165, 1.54) is 0 Å². The fourth-order valence-electron chi connectivity index (χ4n) is 2.42. The minimum Gasteiger partial charge on any atom is -0.361 e. The normalized spacial score (nSPS) is 15.8. The second-order valence-corrected chi connectivity index (χ2v) is 4.85. The predicted molar refractivity (Wildman–Crippen MR) is 75.3 cm³/mol. The van der Waals surface area contributed by atoms with Crippen molar-refractivity contribution < 1.29 is 14.3 Å². The van der Waals surface area contributed by atoms with Crippen LogP contribution in [0, 0.1) is 0 Å². The number of ether oxygens (including phenoxy) is 2. The van der Waals surface area contributed by atoms with E-state index in [9.17, 15) is 4.79 Å². The number of carbonyl (C=O) groups is 1. The van der Waals surface area contributed by atoms with Gasteiger partial charge in [-0.05, 0) is 11.6 Å². The number of benzene rings is 1. The smallest absolute Gasteiger partial charge is 0.224 e. The quantitative estimate of drug-likeness (QED) is 0.870. The van der Waals surface area contributed by atoms with E-state index in [0.717, 1.165) is 16.5 Å². The van der Waals surface area contributed by atoms with Crippen molar-refractivity contribution in [3.05, 3.63) is 36.0 Å². The summed E-state index contributed by atoms with van der Waals surface area (Å²) in [7, 11) is 0. The summed E-state index contributed by atoms with van der Waals surface area (Å²) in [4.78, 5) is 15.1. The summed E-state index contributed by atoms with van der Waals surface area (Å²) in [5, 5.41) is 4.00. The summed E-state index contributed by atoms with van der Waals surface area (Å²) in [5.74, 6) is 0.0211. The maximum atomic E-state index is 11.9. The number of rotatable bonds is 5. The molecule has 5 nitrogen and oxygen atoms in total. The van der Waals surface area contributed by atoms with E-state index in [1.807, 2.05) is 30.5 Å².